The summed E-state index contributed by atoms with van der Waals surface area (Å²) < 4.78 is 5.65. The lowest BCUT2D eigenvalue weighted by molar-refractivity contribution is -0.384. The fourth-order valence-corrected chi connectivity index (χ4v) is 3.31. The molecule has 0 saturated carbocycles. The highest BCUT2D eigenvalue weighted by Crippen LogP contribution is 2.13. The Balaban J connectivity index is 0.00000261. The van der Waals surface area contributed by atoms with Crippen LogP contribution in [0, 0.1) is 10.1 Å². The van der Waals surface area contributed by atoms with Gasteiger partial charge in [0.2, 0.25) is 0 Å². The van der Waals surface area contributed by atoms with Crippen LogP contribution < -0.4 is 10.6 Å². The highest BCUT2D eigenvalue weighted by Gasteiger charge is 2.15. The van der Waals surface area contributed by atoms with Gasteiger partial charge in [-0.15, -0.1) is 35.3 Å². The minimum atomic E-state index is -0.399. The van der Waals surface area contributed by atoms with Crippen molar-refractivity contribution in [3.63, 3.8) is 0 Å². The Morgan fingerprint density at radius 1 is 1.30 bits per heavy atom. The lowest BCUT2D eigenvalue weighted by Gasteiger charge is -2.15. The Morgan fingerprint density at radius 2 is 2.11 bits per heavy atom. The molecule has 1 aliphatic heterocycles. The van der Waals surface area contributed by atoms with Crippen molar-refractivity contribution in [2.45, 2.75) is 32.0 Å². The smallest absolute Gasteiger partial charge is 0.269 e. The summed E-state index contributed by atoms with van der Waals surface area (Å²) >= 11 is 1.69. The quantitative estimate of drug-likeness (QED) is 0.198. The molecule has 2 aromatic rings. The molecule has 1 aromatic carbocycles. The number of nitrogens with zero attached hydrogens (tertiary/aromatic N) is 2. The van der Waals surface area contributed by atoms with Gasteiger partial charge in [0.1, 0.15) is 0 Å². The zero-order valence-electron chi connectivity index (χ0n) is 14.8. The number of benzene rings is 1. The van der Waals surface area contributed by atoms with Crippen LogP contribution >= 0.6 is 35.3 Å². The van der Waals surface area contributed by atoms with Crippen LogP contribution in [0.15, 0.2) is 46.8 Å². The second kappa shape index (κ2) is 11.2. The van der Waals surface area contributed by atoms with Crippen molar-refractivity contribution in [3.8, 4) is 0 Å². The van der Waals surface area contributed by atoms with Crippen LogP contribution in [-0.2, 0) is 17.8 Å². The van der Waals surface area contributed by atoms with Crippen LogP contribution in [0.5, 0.6) is 0 Å². The van der Waals surface area contributed by atoms with Gasteiger partial charge in [0.05, 0.1) is 24.1 Å². The fourth-order valence-electron chi connectivity index (χ4n) is 2.67. The van der Waals surface area contributed by atoms with E-state index in [2.05, 4.69) is 21.7 Å². The van der Waals surface area contributed by atoms with Gasteiger partial charge in [0, 0.05) is 30.2 Å². The molecule has 1 unspecified atom stereocenters. The molecule has 3 rings (SSSR count). The van der Waals surface area contributed by atoms with Gasteiger partial charge in [-0.25, -0.2) is 4.99 Å². The molecule has 146 valence electrons. The molecule has 0 bridgehead atoms. The van der Waals surface area contributed by atoms with E-state index in [1.54, 1.807) is 23.5 Å². The average Bonchev–Trinajstić information content (AvgIpc) is 3.35. The highest BCUT2D eigenvalue weighted by molar-refractivity contribution is 14.0. The second-order valence-electron chi connectivity index (χ2n) is 6.04. The summed E-state index contributed by atoms with van der Waals surface area (Å²) in [7, 11) is 0. The van der Waals surface area contributed by atoms with Gasteiger partial charge in [-0.05, 0) is 29.9 Å². The van der Waals surface area contributed by atoms with E-state index in [0.717, 1.165) is 31.6 Å². The number of halogens is 1. The monoisotopic (exact) mass is 502 g/mol. The first kappa shape index (κ1) is 21.6. The number of ether oxygens (including phenoxy) is 1. The molecule has 2 heterocycles. The van der Waals surface area contributed by atoms with Gasteiger partial charge >= 0.3 is 0 Å². The van der Waals surface area contributed by atoms with Gasteiger partial charge in [-0.1, -0.05) is 18.2 Å². The summed E-state index contributed by atoms with van der Waals surface area (Å²) in [5, 5.41) is 19.4. The Labute approximate surface area is 179 Å². The number of hydrogen-bond acceptors (Lipinski definition) is 5. The highest BCUT2D eigenvalue weighted by atomic mass is 127. The van der Waals surface area contributed by atoms with E-state index in [9.17, 15) is 10.1 Å². The molecule has 1 aliphatic rings. The first-order valence-electron chi connectivity index (χ1n) is 8.60. The number of rotatable bonds is 7. The summed E-state index contributed by atoms with van der Waals surface area (Å²) in [6, 6.07) is 10.6. The van der Waals surface area contributed by atoms with Crippen LogP contribution in [-0.4, -0.2) is 30.1 Å². The molecule has 2 N–H and O–H groups in total. The molecule has 7 nitrogen and oxygen atoms in total. The number of thiophene rings is 1. The predicted octanol–water partition coefficient (Wildman–Crippen LogP) is 3.69. The number of aliphatic imine (C=N–C) groups is 1. The number of hydrogen-bond donors (Lipinski definition) is 2. The van der Waals surface area contributed by atoms with Gasteiger partial charge in [-0.3, -0.25) is 10.1 Å². The normalized spacial score (nSPS) is 16.6. The van der Waals surface area contributed by atoms with Gasteiger partial charge in [0.25, 0.3) is 5.69 Å². The fraction of sp³-hybridized carbons (Fsp3) is 0.389. The number of non-ortho nitro benzene ring substituents is 1. The zero-order valence-corrected chi connectivity index (χ0v) is 17.9. The first-order valence-corrected chi connectivity index (χ1v) is 9.48. The van der Waals surface area contributed by atoms with Crippen molar-refractivity contribution in [1.82, 2.24) is 10.6 Å². The Bertz CT molecular complexity index is 732. The predicted molar refractivity (Wildman–Crippen MR) is 118 cm³/mol. The van der Waals surface area contributed by atoms with E-state index in [1.165, 1.54) is 17.0 Å². The second-order valence-corrected chi connectivity index (χ2v) is 7.07. The summed E-state index contributed by atoms with van der Waals surface area (Å²) in [4.78, 5) is 16.2. The zero-order chi connectivity index (χ0) is 18.2. The van der Waals surface area contributed by atoms with Crippen molar-refractivity contribution in [1.29, 1.82) is 0 Å². The van der Waals surface area contributed by atoms with E-state index in [4.69, 9.17) is 4.74 Å². The van der Waals surface area contributed by atoms with Crippen molar-refractivity contribution in [2.24, 2.45) is 4.99 Å². The van der Waals surface area contributed by atoms with Gasteiger partial charge in [0.15, 0.2) is 5.96 Å². The van der Waals surface area contributed by atoms with E-state index >= 15 is 0 Å². The molecular formula is C18H23IN4O3S. The molecule has 0 spiro atoms. The Morgan fingerprint density at radius 3 is 2.74 bits per heavy atom. The maximum atomic E-state index is 10.7. The van der Waals surface area contributed by atoms with E-state index in [-0.39, 0.29) is 35.8 Å². The molecule has 0 aliphatic carbocycles. The van der Waals surface area contributed by atoms with Crippen LogP contribution in [0.2, 0.25) is 0 Å². The molecule has 1 aromatic heterocycles. The third-order valence-corrected chi connectivity index (χ3v) is 4.97. The van der Waals surface area contributed by atoms with Crippen molar-refractivity contribution >= 4 is 47.0 Å². The average molecular weight is 502 g/mol. The van der Waals surface area contributed by atoms with Crippen LogP contribution in [0.3, 0.4) is 0 Å². The van der Waals surface area contributed by atoms with Crippen LogP contribution in [0.4, 0.5) is 5.69 Å². The SMILES string of the molecule is I.O=[N+]([O-])c1ccc(CN=C(NCc2cccs2)NCC2CCCO2)cc1. The number of nitro benzene ring substituents is 1. The third kappa shape index (κ3) is 7.07. The van der Waals surface area contributed by atoms with E-state index < -0.39 is 4.92 Å². The number of nitrogens with one attached hydrogen (secondary N) is 2. The molecular weight excluding hydrogens is 479 g/mol. The lowest BCUT2D eigenvalue weighted by Crippen LogP contribution is -2.40. The largest absolute Gasteiger partial charge is 0.376 e. The van der Waals surface area contributed by atoms with E-state index in [1.807, 2.05) is 11.4 Å². The van der Waals surface area contributed by atoms with Crippen LogP contribution in [0.25, 0.3) is 0 Å². The van der Waals surface area contributed by atoms with E-state index in [0.29, 0.717) is 19.0 Å². The minimum Gasteiger partial charge on any atom is -0.376 e. The van der Waals surface area contributed by atoms with Crippen molar-refractivity contribution in [2.75, 3.05) is 13.2 Å². The van der Waals surface area contributed by atoms with Crippen molar-refractivity contribution < 1.29 is 9.66 Å². The van der Waals surface area contributed by atoms with Crippen molar-refractivity contribution in [3.05, 3.63) is 62.3 Å². The summed E-state index contributed by atoms with van der Waals surface area (Å²) in [5.41, 5.74) is 1.01. The topological polar surface area (TPSA) is 88.8 Å². The number of nitro groups is 1. The third-order valence-electron chi connectivity index (χ3n) is 4.10. The molecule has 9 heteroatoms. The maximum Gasteiger partial charge on any atom is 0.269 e. The Kier molecular flexibility index (Phi) is 8.95. The lowest BCUT2D eigenvalue weighted by atomic mass is 10.2. The molecule has 1 saturated heterocycles. The first-order chi connectivity index (χ1) is 12.7. The molecule has 0 amide bonds. The summed E-state index contributed by atoms with van der Waals surface area (Å²) in [5.74, 6) is 0.715. The summed E-state index contributed by atoms with van der Waals surface area (Å²) in [6.07, 6.45) is 2.39. The van der Waals surface area contributed by atoms with Gasteiger partial charge in [-0.2, -0.15) is 0 Å². The standard InChI is InChI=1S/C18H22N4O3S.HI/c23-22(24)15-7-5-14(6-8-15)11-19-18(20-12-16-3-1-9-25-16)21-13-17-4-2-10-26-17;/h2,4-8,10,16H,1,3,9,11-13H2,(H2,19,20,21);1H. The number of guanidine groups is 1. The Hall–Kier alpha value is -1.72. The molecule has 1 atom stereocenters. The molecule has 1 fully saturated rings. The molecule has 0 radical (unpaired) electrons. The minimum absolute atomic E-state index is 0. The molecule has 27 heavy (non-hydrogen) atoms. The van der Waals surface area contributed by atoms with Crippen LogP contribution in [0.1, 0.15) is 23.3 Å². The van der Waals surface area contributed by atoms with Gasteiger partial charge < -0.3 is 15.4 Å². The summed E-state index contributed by atoms with van der Waals surface area (Å²) in [6.45, 7) is 2.69. The maximum absolute atomic E-state index is 10.7.